The van der Waals surface area contributed by atoms with Gasteiger partial charge in [-0.05, 0) is 50.6 Å². The average molecular weight is 292 g/mol. The molecule has 1 heterocycles. The van der Waals surface area contributed by atoms with Crippen LogP contribution in [0.1, 0.15) is 39.7 Å². The zero-order valence-corrected chi connectivity index (χ0v) is 13.3. The summed E-state index contributed by atoms with van der Waals surface area (Å²) in [6.07, 6.45) is 0.803. The van der Waals surface area contributed by atoms with Gasteiger partial charge in [0.15, 0.2) is 0 Å². The Labute approximate surface area is 124 Å². The monoisotopic (exact) mass is 292 g/mol. The lowest BCUT2D eigenvalue weighted by atomic mass is 9.98. The molecule has 1 aromatic carbocycles. The molecule has 1 atom stereocenters. The molecular weight excluding hydrogens is 271 g/mol. The molecule has 0 fully saturated rings. The van der Waals surface area contributed by atoms with Crippen LogP contribution < -0.4 is 5.32 Å². The Bertz CT molecular complexity index is 573. The largest absolute Gasteiger partial charge is 0.310 e. The minimum atomic E-state index is -0.181. The Kier molecular flexibility index (Phi) is 4.89. The SMILES string of the molecule is CCNC(Cc1nc(C)c(C)s1)c1cc(F)ccc1C. The van der Waals surface area contributed by atoms with Crippen LogP contribution in [0.5, 0.6) is 0 Å². The quantitative estimate of drug-likeness (QED) is 0.897. The summed E-state index contributed by atoms with van der Waals surface area (Å²) in [6.45, 7) is 9.07. The van der Waals surface area contributed by atoms with Crippen molar-refractivity contribution in [1.82, 2.24) is 10.3 Å². The third kappa shape index (κ3) is 3.44. The van der Waals surface area contributed by atoms with Crippen molar-refractivity contribution in [2.45, 2.75) is 40.2 Å². The van der Waals surface area contributed by atoms with E-state index in [1.807, 2.05) is 19.9 Å². The molecule has 0 aliphatic carbocycles. The summed E-state index contributed by atoms with van der Waals surface area (Å²) in [7, 11) is 0. The van der Waals surface area contributed by atoms with E-state index in [1.54, 1.807) is 17.4 Å². The summed E-state index contributed by atoms with van der Waals surface area (Å²) >= 11 is 1.73. The highest BCUT2D eigenvalue weighted by Crippen LogP contribution is 2.26. The molecule has 20 heavy (non-hydrogen) atoms. The molecule has 0 amide bonds. The number of nitrogens with one attached hydrogen (secondary N) is 1. The first-order valence-corrected chi connectivity index (χ1v) is 7.75. The van der Waals surface area contributed by atoms with E-state index < -0.39 is 0 Å². The van der Waals surface area contributed by atoms with Crippen molar-refractivity contribution in [3.63, 3.8) is 0 Å². The highest BCUT2D eigenvalue weighted by Gasteiger charge is 2.16. The lowest BCUT2D eigenvalue weighted by Gasteiger charge is -2.19. The molecule has 2 aromatic rings. The molecule has 0 saturated heterocycles. The third-order valence-electron chi connectivity index (χ3n) is 3.52. The standard InChI is InChI=1S/C16H21FN2S/c1-5-18-15(9-16-19-11(3)12(4)20-16)14-8-13(17)7-6-10(14)2/h6-8,15,18H,5,9H2,1-4H3. The highest BCUT2D eigenvalue weighted by molar-refractivity contribution is 7.11. The fraction of sp³-hybridized carbons (Fsp3) is 0.438. The molecule has 0 aliphatic heterocycles. The summed E-state index contributed by atoms with van der Waals surface area (Å²) < 4.78 is 13.5. The van der Waals surface area contributed by atoms with E-state index in [0.717, 1.165) is 34.8 Å². The van der Waals surface area contributed by atoms with Crippen LogP contribution in [0.15, 0.2) is 18.2 Å². The number of thiazole rings is 1. The van der Waals surface area contributed by atoms with Crippen LogP contribution in [0, 0.1) is 26.6 Å². The molecule has 2 nitrogen and oxygen atoms in total. The number of benzene rings is 1. The van der Waals surface area contributed by atoms with Gasteiger partial charge in [0.1, 0.15) is 5.82 Å². The molecule has 0 saturated carbocycles. The molecule has 1 N–H and O–H groups in total. The minimum Gasteiger partial charge on any atom is -0.310 e. The topological polar surface area (TPSA) is 24.9 Å². The Balaban J connectivity index is 2.28. The van der Waals surface area contributed by atoms with Crippen LogP contribution in [0.4, 0.5) is 4.39 Å². The van der Waals surface area contributed by atoms with E-state index in [-0.39, 0.29) is 11.9 Å². The number of rotatable bonds is 5. The Hall–Kier alpha value is -1.26. The average Bonchev–Trinajstić information content (AvgIpc) is 2.71. The van der Waals surface area contributed by atoms with Gasteiger partial charge in [0.2, 0.25) is 0 Å². The first-order valence-electron chi connectivity index (χ1n) is 6.93. The van der Waals surface area contributed by atoms with Crippen LogP contribution in [0.25, 0.3) is 0 Å². The summed E-state index contributed by atoms with van der Waals surface area (Å²) in [5.41, 5.74) is 3.23. The normalized spacial score (nSPS) is 12.7. The summed E-state index contributed by atoms with van der Waals surface area (Å²) in [5.74, 6) is -0.181. The van der Waals surface area contributed by atoms with Crippen molar-refractivity contribution in [3.8, 4) is 0 Å². The second kappa shape index (κ2) is 6.46. The van der Waals surface area contributed by atoms with Gasteiger partial charge in [-0.15, -0.1) is 11.3 Å². The van der Waals surface area contributed by atoms with Gasteiger partial charge in [-0.3, -0.25) is 0 Å². The Morgan fingerprint density at radius 2 is 2.05 bits per heavy atom. The van der Waals surface area contributed by atoms with Crippen molar-refractivity contribution >= 4 is 11.3 Å². The smallest absolute Gasteiger partial charge is 0.123 e. The molecule has 0 spiro atoms. The van der Waals surface area contributed by atoms with Crippen molar-refractivity contribution in [2.75, 3.05) is 6.54 Å². The lowest BCUT2D eigenvalue weighted by molar-refractivity contribution is 0.539. The number of hydrogen-bond donors (Lipinski definition) is 1. The van der Waals surface area contributed by atoms with Crippen LogP contribution >= 0.6 is 11.3 Å². The first kappa shape index (κ1) is 15.1. The predicted molar refractivity (Wildman–Crippen MR) is 82.8 cm³/mol. The zero-order valence-electron chi connectivity index (χ0n) is 12.5. The number of halogens is 1. The van der Waals surface area contributed by atoms with Crippen molar-refractivity contribution in [2.24, 2.45) is 0 Å². The van der Waals surface area contributed by atoms with Gasteiger partial charge < -0.3 is 5.32 Å². The van der Waals surface area contributed by atoms with E-state index in [4.69, 9.17) is 0 Å². The predicted octanol–water partition coefficient (Wildman–Crippen LogP) is 4.10. The van der Waals surface area contributed by atoms with Crippen molar-refractivity contribution < 1.29 is 4.39 Å². The first-order chi connectivity index (χ1) is 9.51. The van der Waals surface area contributed by atoms with E-state index in [2.05, 4.69) is 24.1 Å². The summed E-state index contributed by atoms with van der Waals surface area (Å²) in [6, 6.07) is 5.10. The van der Waals surface area contributed by atoms with Gasteiger partial charge in [-0.1, -0.05) is 13.0 Å². The molecular formula is C16H21FN2S. The molecule has 1 unspecified atom stereocenters. The van der Waals surface area contributed by atoms with Crippen molar-refractivity contribution in [1.29, 1.82) is 0 Å². The number of hydrogen-bond acceptors (Lipinski definition) is 3. The molecule has 1 aromatic heterocycles. The van der Waals surface area contributed by atoms with Crippen LogP contribution in [0.2, 0.25) is 0 Å². The molecule has 4 heteroatoms. The summed E-state index contributed by atoms with van der Waals surface area (Å²) in [5, 5.41) is 4.55. The third-order valence-corrected chi connectivity index (χ3v) is 4.61. The van der Waals surface area contributed by atoms with E-state index in [9.17, 15) is 4.39 Å². The fourth-order valence-electron chi connectivity index (χ4n) is 2.33. The van der Waals surface area contributed by atoms with Gasteiger partial charge in [0, 0.05) is 17.3 Å². The van der Waals surface area contributed by atoms with Crippen LogP contribution in [0.3, 0.4) is 0 Å². The zero-order chi connectivity index (χ0) is 14.7. The van der Waals surface area contributed by atoms with Gasteiger partial charge in [-0.25, -0.2) is 9.37 Å². The Morgan fingerprint density at radius 3 is 2.65 bits per heavy atom. The van der Waals surface area contributed by atoms with Crippen LogP contribution in [-0.4, -0.2) is 11.5 Å². The molecule has 0 aliphatic rings. The van der Waals surface area contributed by atoms with E-state index in [0.29, 0.717) is 0 Å². The Morgan fingerprint density at radius 1 is 1.30 bits per heavy atom. The number of aromatic nitrogens is 1. The second-order valence-corrected chi connectivity index (χ2v) is 6.35. The number of nitrogens with zero attached hydrogens (tertiary/aromatic N) is 1. The minimum absolute atomic E-state index is 0.112. The molecule has 0 bridgehead atoms. The van der Waals surface area contributed by atoms with Gasteiger partial charge in [0.25, 0.3) is 0 Å². The lowest BCUT2D eigenvalue weighted by Crippen LogP contribution is -2.23. The number of aryl methyl sites for hydroxylation is 3. The maximum absolute atomic E-state index is 13.5. The van der Waals surface area contributed by atoms with Gasteiger partial charge in [0.05, 0.1) is 10.7 Å². The van der Waals surface area contributed by atoms with Crippen molar-refractivity contribution in [3.05, 3.63) is 50.7 Å². The highest BCUT2D eigenvalue weighted by atomic mass is 32.1. The van der Waals surface area contributed by atoms with Gasteiger partial charge in [-0.2, -0.15) is 0 Å². The van der Waals surface area contributed by atoms with Crippen LogP contribution in [-0.2, 0) is 6.42 Å². The molecule has 2 rings (SSSR count). The second-order valence-electron chi connectivity index (χ2n) is 5.06. The number of likely N-dealkylation sites (N-methyl/N-ethyl adjacent to an activating group) is 1. The van der Waals surface area contributed by atoms with E-state index in [1.165, 1.54) is 10.9 Å². The maximum atomic E-state index is 13.5. The maximum Gasteiger partial charge on any atom is 0.123 e. The summed E-state index contributed by atoms with van der Waals surface area (Å²) in [4.78, 5) is 5.85. The molecule has 0 radical (unpaired) electrons. The molecule has 108 valence electrons. The van der Waals surface area contributed by atoms with E-state index >= 15 is 0 Å². The fourth-order valence-corrected chi connectivity index (χ4v) is 3.31. The van der Waals surface area contributed by atoms with Gasteiger partial charge >= 0.3 is 0 Å².